The van der Waals surface area contributed by atoms with Gasteiger partial charge in [0, 0.05) is 23.9 Å². The molecule has 0 radical (unpaired) electrons. The summed E-state index contributed by atoms with van der Waals surface area (Å²) in [5.74, 6) is 1.09. The molecule has 1 aliphatic rings. The molecule has 2 N–H and O–H groups in total. The van der Waals surface area contributed by atoms with Gasteiger partial charge in [0.25, 0.3) is 0 Å². The second-order valence-electron chi connectivity index (χ2n) is 4.21. The van der Waals surface area contributed by atoms with Crippen molar-refractivity contribution in [2.75, 3.05) is 32.8 Å². The summed E-state index contributed by atoms with van der Waals surface area (Å²) >= 11 is 1.77. The first kappa shape index (κ1) is 15.7. The quantitative estimate of drug-likeness (QED) is 0.496. The van der Waals surface area contributed by atoms with Gasteiger partial charge in [-0.15, -0.1) is 35.3 Å². The lowest BCUT2D eigenvalue weighted by molar-refractivity contribution is 0.0674. The maximum absolute atomic E-state index is 5.97. The predicted octanol–water partition coefficient (Wildman–Crippen LogP) is 2.12. The number of nitrogens with zero attached hydrogens (tertiary/aromatic N) is 2. The summed E-state index contributed by atoms with van der Waals surface area (Å²) in [6, 6.07) is 4.22. The number of guanidine groups is 1. The number of halogens is 1. The van der Waals surface area contributed by atoms with Crippen LogP contribution in [0.2, 0.25) is 0 Å². The van der Waals surface area contributed by atoms with Crippen molar-refractivity contribution in [3.8, 4) is 0 Å². The molecule has 1 aromatic rings. The lowest BCUT2D eigenvalue weighted by Gasteiger charge is -2.27. The van der Waals surface area contributed by atoms with Gasteiger partial charge in [-0.1, -0.05) is 13.0 Å². The Morgan fingerprint density at radius 1 is 1.56 bits per heavy atom. The van der Waals surface area contributed by atoms with Crippen LogP contribution in [0.5, 0.6) is 0 Å². The number of thiophene rings is 1. The second kappa shape index (κ2) is 7.96. The fourth-order valence-corrected chi connectivity index (χ4v) is 2.56. The van der Waals surface area contributed by atoms with Gasteiger partial charge in [0.15, 0.2) is 5.96 Å². The molecule has 1 aliphatic heterocycles. The maximum atomic E-state index is 5.97. The van der Waals surface area contributed by atoms with Crippen LogP contribution in [0.3, 0.4) is 0 Å². The molecule has 6 heteroatoms. The summed E-state index contributed by atoms with van der Waals surface area (Å²) in [5.41, 5.74) is 5.97. The zero-order valence-corrected chi connectivity index (χ0v) is 13.7. The van der Waals surface area contributed by atoms with Crippen molar-refractivity contribution in [1.29, 1.82) is 0 Å². The Morgan fingerprint density at radius 2 is 2.28 bits per heavy atom. The highest BCUT2D eigenvalue weighted by Crippen LogP contribution is 2.20. The monoisotopic (exact) mass is 381 g/mol. The molecule has 4 nitrogen and oxygen atoms in total. The van der Waals surface area contributed by atoms with Gasteiger partial charge in [-0.3, -0.25) is 4.99 Å². The zero-order chi connectivity index (χ0) is 12.1. The number of ether oxygens (including phenoxy) is 1. The van der Waals surface area contributed by atoms with E-state index in [1.165, 1.54) is 4.88 Å². The number of hydrogen-bond acceptors (Lipinski definition) is 3. The van der Waals surface area contributed by atoms with Crippen molar-refractivity contribution in [3.63, 3.8) is 0 Å². The first-order chi connectivity index (χ1) is 8.27. The van der Waals surface area contributed by atoms with E-state index in [0.29, 0.717) is 11.9 Å². The largest absolute Gasteiger partial charge is 0.378 e. The van der Waals surface area contributed by atoms with Crippen LogP contribution in [-0.2, 0) is 4.74 Å². The Bertz CT molecular complexity index is 363. The van der Waals surface area contributed by atoms with Gasteiger partial charge in [0.2, 0.25) is 0 Å². The standard InChI is InChI=1S/C12H19N3OS.HI/c1-10(11-3-2-8-17-11)9-14-12(13)15-4-6-16-7-5-15;/h2-3,8,10H,4-7,9H2,1H3,(H2,13,14);1H. The number of aliphatic imine (C=N–C) groups is 1. The van der Waals surface area contributed by atoms with Gasteiger partial charge in [-0.2, -0.15) is 0 Å². The first-order valence-corrected chi connectivity index (χ1v) is 6.81. The van der Waals surface area contributed by atoms with Gasteiger partial charge in [-0.25, -0.2) is 0 Å². The molecule has 0 spiro atoms. The molecule has 1 atom stereocenters. The van der Waals surface area contributed by atoms with Gasteiger partial charge in [0.05, 0.1) is 19.8 Å². The van der Waals surface area contributed by atoms with Crippen molar-refractivity contribution >= 4 is 41.3 Å². The van der Waals surface area contributed by atoms with E-state index < -0.39 is 0 Å². The third-order valence-corrected chi connectivity index (χ3v) is 3.99. The summed E-state index contributed by atoms with van der Waals surface area (Å²) in [4.78, 5) is 7.93. The van der Waals surface area contributed by atoms with Crippen LogP contribution in [0.1, 0.15) is 17.7 Å². The third kappa shape index (κ3) is 4.40. The molecule has 2 heterocycles. The van der Waals surface area contributed by atoms with E-state index in [9.17, 15) is 0 Å². The minimum atomic E-state index is 0. The fraction of sp³-hybridized carbons (Fsp3) is 0.583. The zero-order valence-electron chi connectivity index (χ0n) is 10.5. The van der Waals surface area contributed by atoms with Crippen molar-refractivity contribution in [3.05, 3.63) is 22.4 Å². The van der Waals surface area contributed by atoms with Gasteiger partial charge < -0.3 is 15.4 Å². The minimum Gasteiger partial charge on any atom is -0.378 e. The molecule has 1 aromatic heterocycles. The maximum Gasteiger partial charge on any atom is 0.191 e. The predicted molar refractivity (Wildman–Crippen MR) is 87.0 cm³/mol. The lowest BCUT2D eigenvalue weighted by Crippen LogP contribution is -2.44. The number of hydrogen-bond donors (Lipinski definition) is 1. The van der Waals surface area contributed by atoms with Crippen molar-refractivity contribution < 1.29 is 4.74 Å². The highest BCUT2D eigenvalue weighted by atomic mass is 127. The molecule has 1 unspecified atom stereocenters. The van der Waals surface area contributed by atoms with E-state index in [-0.39, 0.29) is 24.0 Å². The Kier molecular flexibility index (Phi) is 6.95. The SMILES string of the molecule is CC(CN=C(N)N1CCOCC1)c1cccs1.I. The smallest absolute Gasteiger partial charge is 0.191 e. The Balaban J connectivity index is 0.00000162. The minimum absolute atomic E-state index is 0. The molecule has 2 rings (SSSR count). The molecule has 1 fully saturated rings. The van der Waals surface area contributed by atoms with E-state index in [2.05, 4.69) is 34.3 Å². The normalized spacial score (nSPS) is 18.3. The van der Waals surface area contributed by atoms with Crippen molar-refractivity contribution in [2.45, 2.75) is 12.8 Å². The molecule has 0 aliphatic carbocycles. The van der Waals surface area contributed by atoms with E-state index >= 15 is 0 Å². The first-order valence-electron chi connectivity index (χ1n) is 5.93. The second-order valence-corrected chi connectivity index (χ2v) is 5.19. The van der Waals surface area contributed by atoms with Crippen LogP contribution >= 0.6 is 35.3 Å². The number of nitrogens with two attached hydrogens (primary N) is 1. The van der Waals surface area contributed by atoms with Gasteiger partial charge >= 0.3 is 0 Å². The van der Waals surface area contributed by atoms with Crippen molar-refractivity contribution in [2.24, 2.45) is 10.7 Å². The summed E-state index contributed by atoms with van der Waals surface area (Å²) in [7, 11) is 0. The molecule has 0 aromatic carbocycles. The number of rotatable bonds is 3. The van der Waals surface area contributed by atoms with Crippen molar-refractivity contribution in [1.82, 2.24) is 4.90 Å². The van der Waals surface area contributed by atoms with E-state index in [1.807, 2.05) is 0 Å². The molecule has 102 valence electrons. The Hall–Kier alpha value is -0.340. The highest BCUT2D eigenvalue weighted by Gasteiger charge is 2.13. The molecular weight excluding hydrogens is 361 g/mol. The molecule has 1 saturated heterocycles. The van der Waals surface area contributed by atoms with Crippen LogP contribution in [0.15, 0.2) is 22.5 Å². The van der Waals surface area contributed by atoms with Crippen LogP contribution in [0.4, 0.5) is 0 Å². The summed E-state index contributed by atoms with van der Waals surface area (Å²) in [6.45, 7) is 6.13. The average molecular weight is 381 g/mol. The van der Waals surface area contributed by atoms with Gasteiger partial charge in [-0.05, 0) is 11.4 Å². The Labute approximate surface area is 129 Å². The van der Waals surface area contributed by atoms with E-state index in [0.717, 1.165) is 32.8 Å². The highest BCUT2D eigenvalue weighted by molar-refractivity contribution is 14.0. The van der Waals surface area contributed by atoms with E-state index in [4.69, 9.17) is 10.5 Å². The van der Waals surface area contributed by atoms with Crippen LogP contribution in [-0.4, -0.2) is 43.7 Å². The molecular formula is C12H20IN3OS. The van der Waals surface area contributed by atoms with Crippen LogP contribution in [0.25, 0.3) is 0 Å². The summed E-state index contributed by atoms with van der Waals surface area (Å²) < 4.78 is 5.28. The topological polar surface area (TPSA) is 50.8 Å². The van der Waals surface area contributed by atoms with Crippen LogP contribution in [0, 0.1) is 0 Å². The molecule has 18 heavy (non-hydrogen) atoms. The summed E-state index contributed by atoms with van der Waals surface area (Å²) in [6.07, 6.45) is 0. The van der Waals surface area contributed by atoms with E-state index in [1.54, 1.807) is 11.3 Å². The molecule has 0 amide bonds. The molecule has 0 saturated carbocycles. The van der Waals surface area contributed by atoms with Crippen LogP contribution < -0.4 is 5.73 Å². The van der Waals surface area contributed by atoms with Gasteiger partial charge in [0.1, 0.15) is 0 Å². The number of morpholine rings is 1. The Morgan fingerprint density at radius 3 is 2.89 bits per heavy atom. The summed E-state index contributed by atoms with van der Waals surface area (Å²) in [5, 5.41) is 2.10. The fourth-order valence-electron chi connectivity index (χ4n) is 1.78. The lowest BCUT2D eigenvalue weighted by atomic mass is 10.1. The molecule has 0 bridgehead atoms. The average Bonchev–Trinajstić information content (AvgIpc) is 2.90. The third-order valence-electron chi connectivity index (χ3n) is 2.89.